The first-order valence-corrected chi connectivity index (χ1v) is 7.44. The van der Waals surface area contributed by atoms with Crippen LogP contribution in [0.4, 0.5) is 0 Å². The van der Waals surface area contributed by atoms with E-state index in [2.05, 4.69) is 0 Å². The average Bonchev–Trinajstić information content (AvgIpc) is 2.36. The molecule has 110 valence electrons. The van der Waals surface area contributed by atoms with Gasteiger partial charge in [-0.15, -0.1) is 0 Å². The van der Waals surface area contributed by atoms with Crippen LogP contribution >= 0.6 is 0 Å². The van der Waals surface area contributed by atoms with Crippen LogP contribution in [0.3, 0.4) is 0 Å². The number of carbonyl (C=O) groups is 2. The monoisotopic (exact) mass is 301 g/mol. The van der Waals surface area contributed by atoms with Crippen LogP contribution < -0.4 is 4.72 Å². The van der Waals surface area contributed by atoms with E-state index in [1.807, 2.05) is 4.72 Å². The van der Waals surface area contributed by atoms with Gasteiger partial charge in [0.15, 0.2) is 0 Å². The number of aryl methyl sites for hydroxylation is 1. The van der Waals surface area contributed by atoms with Crippen molar-refractivity contribution in [2.75, 3.05) is 5.75 Å². The molecule has 0 heterocycles. The zero-order chi connectivity index (χ0) is 15.2. The molecule has 0 aliphatic heterocycles. The maximum Gasteiger partial charge on any atom is 0.322 e. The zero-order valence-corrected chi connectivity index (χ0v) is 11.3. The molecule has 0 fully saturated rings. The molecule has 3 N–H and O–H groups in total. The van der Waals surface area contributed by atoms with Gasteiger partial charge in [-0.1, -0.05) is 30.3 Å². The van der Waals surface area contributed by atoms with Gasteiger partial charge in [0, 0.05) is 0 Å². The summed E-state index contributed by atoms with van der Waals surface area (Å²) in [5.74, 6) is -3.21. The summed E-state index contributed by atoms with van der Waals surface area (Å²) in [5.41, 5.74) is 0.794. The second-order valence-electron chi connectivity index (χ2n) is 4.16. The van der Waals surface area contributed by atoms with E-state index >= 15 is 0 Å². The molecular weight excluding hydrogens is 286 g/mol. The molecule has 0 radical (unpaired) electrons. The molecule has 0 aliphatic rings. The van der Waals surface area contributed by atoms with Crippen LogP contribution in [0.2, 0.25) is 0 Å². The summed E-state index contributed by atoms with van der Waals surface area (Å²) >= 11 is 0. The lowest BCUT2D eigenvalue weighted by molar-refractivity contribution is -0.145. The van der Waals surface area contributed by atoms with Crippen molar-refractivity contribution in [2.45, 2.75) is 18.9 Å². The molecule has 7 nitrogen and oxygen atoms in total. The van der Waals surface area contributed by atoms with Gasteiger partial charge in [0.05, 0.1) is 12.2 Å². The summed E-state index contributed by atoms with van der Waals surface area (Å²) in [5, 5.41) is 17.3. The van der Waals surface area contributed by atoms with Crippen LogP contribution in [0.1, 0.15) is 12.0 Å². The number of hydrogen-bond donors (Lipinski definition) is 3. The minimum atomic E-state index is -3.86. The number of sulfonamides is 1. The summed E-state index contributed by atoms with van der Waals surface area (Å²) in [6.45, 7) is 0. The Morgan fingerprint density at radius 3 is 2.25 bits per heavy atom. The summed E-state index contributed by atoms with van der Waals surface area (Å²) < 4.78 is 25.4. The predicted molar refractivity (Wildman–Crippen MR) is 70.7 cm³/mol. The normalized spacial score (nSPS) is 12.8. The molecule has 1 aromatic carbocycles. The Kier molecular flexibility index (Phi) is 5.66. The van der Waals surface area contributed by atoms with Crippen molar-refractivity contribution in [3.8, 4) is 0 Å². The molecule has 0 amide bonds. The van der Waals surface area contributed by atoms with Crippen molar-refractivity contribution in [3.05, 3.63) is 35.9 Å². The van der Waals surface area contributed by atoms with Crippen LogP contribution in [0.15, 0.2) is 30.3 Å². The van der Waals surface area contributed by atoms with Crippen molar-refractivity contribution in [1.29, 1.82) is 0 Å². The van der Waals surface area contributed by atoms with Gasteiger partial charge in [-0.3, -0.25) is 9.59 Å². The lowest BCUT2D eigenvalue weighted by atomic mass is 10.2. The molecule has 0 saturated carbocycles. The first-order chi connectivity index (χ1) is 9.30. The lowest BCUT2D eigenvalue weighted by Gasteiger charge is -2.12. The van der Waals surface area contributed by atoms with E-state index < -0.39 is 34.4 Å². The van der Waals surface area contributed by atoms with Gasteiger partial charge < -0.3 is 10.2 Å². The number of carboxylic acid groups (broad SMARTS) is 2. The van der Waals surface area contributed by atoms with Gasteiger partial charge in [-0.05, 0) is 12.0 Å². The third kappa shape index (κ3) is 5.81. The van der Waals surface area contributed by atoms with Crippen molar-refractivity contribution in [2.24, 2.45) is 0 Å². The first kappa shape index (κ1) is 16.1. The number of nitrogens with one attached hydrogen (secondary N) is 1. The minimum Gasteiger partial charge on any atom is -0.481 e. The Labute approximate surface area is 116 Å². The van der Waals surface area contributed by atoms with Crippen LogP contribution in [0.25, 0.3) is 0 Å². The van der Waals surface area contributed by atoms with Crippen molar-refractivity contribution in [3.63, 3.8) is 0 Å². The van der Waals surface area contributed by atoms with Gasteiger partial charge in [-0.25, -0.2) is 13.1 Å². The summed E-state index contributed by atoms with van der Waals surface area (Å²) in [4.78, 5) is 21.3. The maximum atomic E-state index is 11.7. The average molecular weight is 301 g/mol. The molecule has 0 unspecified atom stereocenters. The number of aliphatic carboxylic acids is 2. The number of hydrogen-bond acceptors (Lipinski definition) is 4. The number of carboxylic acids is 2. The third-order valence-electron chi connectivity index (χ3n) is 2.50. The molecule has 1 atom stereocenters. The van der Waals surface area contributed by atoms with E-state index in [4.69, 9.17) is 10.2 Å². The van der Waals surface area contributed by atoms with Crippen molar-refractivity contribution in [1.82, 2.24) is 4.72 Å². The highest BCUT2D eigenvalue weighted by molar-refractivity contribution is 7.89. The van der Waals surface area contributed by atoms with Crippen LogP contribution in [-0.2, 0) is 26.0 Å². The zero-order valence-electron chi connectivity index (χ0n) is 10.5. The summed E-state index contributed by atoms with van der Waals surface area (Å²) in [7, 11) is -3.86. The van der Waals surface area contributed by atoms with Gasteiger partial charge in [-0.2, -0.15) is 0 Å². The topological polar surface area (TPSA) is 121 Å². The highest BCUT2D eigenvalue weighted by Gasteiger charge is 2.26. The molecule has 20 heavy (non-hydrogen) atoms. The van der Waals surface area contributed by atoms with Gasteiger partial charge in [0.25, 0.3) is 0 Å². The van der Waals surface area contributed by atoms with Gasteiger partial charge in [0.2, 0.25) is 10.0 Å². The Balaban J connectivity index is 2.63. The molecule has 0 aromatic heterocycles. The standard InChI is InChI=1S/C12H15NO6S/c14-11(15)8-10(12(16)17)13-20(18,19)7-6-9-4-2-1-3-5-9/h1-5,10,13H,6-8H2,(H,14,15)(H,16,17)/t10-/m0/s1. The highest BCUT2D eigenvalue weighted by atomic mass is 32.2. The summed E-state index contributed by atoms with van der Waals surface area (Å²) in [6.07, 6.45) is -0.588. The fourth-order valence-electron chi connectivity index (χ4n) is 1.53. The predicted octanol–water partition coefficient (Wildman–Crippen LogP) is 0.0764. The van der Waals surface area contributed by atoms with Crippen LogP contribution in [0, 0.1) is 0 Å². The third-order valence-corrected chi connectivity index (χ3v) is 3.89. The fraction of sp³-hybridized carbons (Fsp3) is 0.333. The number of rotatable bonds is 8. The van der Waals surface area contributed by atoms with E-state index in [9.17, 15) is 18.0 Å². The van der Waals surface area contributed by atoms with Crippen molar-refractivity contribution >= 4 is 22.0 Å². The fourth-order valence-corrected chi connectivity index (χ4v) is 2.77. The van der Waals surface area contributed by atoms with E-state index in [1.54, 1.807) is 30.3 Å². The molecule has 0 spiro atoms. The molecule has 0 aliphatic carbocycles. The second kappa shape index (κ2) is 7.01. The Bertz CT molecular complexity index is 569. The Morgan fingerprint density at radius 1 is 1.15 bits per heavy atom. The quantitative estimate of drug-likeness (QED) is 0.625. The Hall–Kier alpha value is -1.93. The van der Waals surface area contributed by atoms with Crippen LogP contribution in [-0.4, -0.2) is 42.4 Å². The SMILES string of the molecule is O=C(O)C[C@H](NS(=O)(=O)CCc1ccccc1)C(=O)O. The summed E-state index contributed by atoms with van der Waals surface area (Å²) in [6, 6.07) is 7.17. The van der Waals surface area contributed by atoms with E-state index in [-0.39, 0.29) is 12.2 Å². The molecule has 0 saturated heterocycles. The molecule has 1 rings (SSSR count). The maximum absolute atomic E-state index is 11.7. The van der Waals surface area contributed by atoms with Crippen molar-refractivity contribution < 1.29 is 28.2 Å². The Morgan fingerprint density at radius 2 is 1.75 bits per heavy atom. The molecule has 8 heteroatoms. The molecular formula is C12H15NO6S. The first-order valence-electron chi connectivity index (χ1n) is 5.78. The van der Waals surface area contributed by atoms with Gasteiger partial charge >= 0.3 is 11.9 Å². The second-order valence-corrected chi connectivity index (χ2v) is 6.03. The lowest BCUT2D eigenvalue weighted by Crippen LogP contribution is -2.43. The van der Waals surface area contributed by atoms with E-state index in [0.29, 0.717) is 0 Å². The number of benzene rings is 1. The van der Waals surface area contributed by atoms with Gasteiger partial charge in [0.1, 0.15) is 6.04 Å². The van der Waals surface area contributed by atoms with E-state index in [1.165, 1.54) is 0 Å². The largest absolute Gasteiger partial charge is 0.481 e. The minimum absolute atomic E-state index is 0.218. The highest BCUT2D eigenvalue weighted by Crippen LogP contribution is 2.03. The molecule has 0 bridgehead atoms. The van der Waals surface area contributed by atoms with Crippen LogP contribution in [0.5, 0.6) is 0 Å². The molecule has 1 aromatic rings. The smallest absolute Gasteiger partial charge is 0.322 e. The van der Waals surface area contributed by atoms with E-state index in [0.717, 1.165) is 5.56 Å².